The molecule has 6 heteroatoms. The van der Waals surface area contributed by atoms with Gasteiger partial charge in [-0.3, -0.25) is 9.59 Å². The number of rotatable bonds is 6. The summed E-state index contributed by atoms with van der Waals surface area (Å²) in [5.41, 5.74) is 2.37. The minimum atomic E-state index is -0.283. The van der Waals surface area contributed by atoms with Crippen LogP contribution in [-0.4, -0.2) is 25.5 Å². The lowest BCUT2D eigenvalue weighted by Crippen LogP contribution is -2.36. The van der Waals surface area contributed by atoms with Gasteiger partial charge in [-0.25, -0.2) is 0 Å². The van der Waals surface area contributed by atoms with Gasteiger partial charge in [0.05, 0.1) is 18.7 Å². The number of aryl methyl sites for hydroxylation is 1. The lowest BCUT2D eigenvalue weighted by Gasteiger charge is -2.11. The molecule has 0 bridgehead atoms. The van der Waals surface area contributed by atoms with Gasteiger partial charge in [0, 0.05) is 12.1 Å². The van der Waals surface area contributed by atoms with Crippen molar-refractivity contribution >= 4 is 23.4 Å². The molecule has 5 nitrogen and oxygen atoms in total. The van der Waals surface area contributed by atoms with E-state index >= 15 is 0 Å². The zero-order valence-corrected chi connectivity index (χ0v) is 14.3. The van der Waals surface area contributed by atoms with E-state index in [0.29, 0.717) is 22.9 Å². The zero-order valence-electron chi connectivity index (χ0n) is 13.6. The first-order valence-corrected chi connectivity index (χ1v) is 7.82. The Labute approximate surface area is 146 Å². The number of carbonyl (C=O) groups is 2. The first-order valence-electron chi connectivity index (χ1n) is 7.44. The van der Waals surface area contributed by atoms with E-state index in [1.165, 1.54) is 0 Å². The van der Waals surface area contributed by atoms with Gasteiger partial charge < -0.3 is 15.4 Å². The van der Waals surface area contributed by atoms with Crippen molar-refractivity contribution in [1.82, 2.24) is 10.6 Å². The molecule has 126 valence electrons. The summed E-state index contributed by atoms with van der Waals surface area (Å²) < 4.78 is 5.15. The first-order chi connectivity index (χ1) is 11.5. The number of carbonyl (C=O) groups excluding carboxylic acids is 2. The Morgan fingerprint density at radius 3 is 2.50 bits per heavy atom. The monoisotopic (exact) mass is 346 g/mol. The van der Waals surface area contributed by atoms with E-state index < -0.39 is 0 Å². The number of halogens is 1. The summed E-state index contributed by atoms with van der Waals surface area (Å²) in [7, 11) is 1.55. The normalized spacial score (nSPS) is 10.1. The van der Waals surface area contributed by atoms with Crippen LogP contribution in [0.3, 0.4) is 0 Å². The summed E-state index contributed by atoms with van der Waals surface area (Å²) in [5.74, 6) is 0.0411. The predicted octanol–water partition coefficient (Wildman–Crippen LogP) is 2.70. The number of amides is 2. The number of hydrogen-bond donors (Lipinski definition) is 2. The molecule has 0 radical (unpaired) electrons. The van der Waals surface area contributed by atoms with Crippen molar-refractivity contribution in [3.8, 4) is 5.75 Å². The molecule has 0 aliphatic rings. The number of ether oxygens (including phenoxy) is 1. The number of methoxy groups -OCH3 is 1. The number of hydrogen-bond acceptors (Lipinski definition) is 3. The summed E-state index contributed by atoms with van der Waals surface area (Å²) in [6, 6.07) is 12.3. The van der Waals surface area contributed by atoms with Crippen LogP contribution in [-0.2, 0) is 11.3 Å². The summed E-state index contributed by atoms with van der Waals surface area (Å²) >= 11 is 6.09. The molecule has 2 amide bonds. The smallest absolute Gasteiger partial charge is 0.251 e. The van der Waals surface area contributed by atoms with Crippen LogP contribution in [0.1, 0.15) is 21.5 Å². The fourth-order valence-corrected chi connectivity index (χ4v) is 2.41. The van der Waals surface area contributed by atoms with Crippen LogP contribution in [0, 0.1) is 6.92 Å². The standard InChI is InChI=1S/C18H19ClN2O3/c1-12-8-16(24-2)15(19)9-14(12)10-20-17(22)11-21-18(23)13-6-4-3-5-7-13/h3-9H,10-11H2,1-2H3,(H,20,22)(H,21,23). The Hall–Kier alpha value is -2.53. The van der Waals surface area contributed by atoms with Crippen molar-refractivity contribution in [2.45, 2.75) is 13.5 Å². The third-order valence-corrected chi connectivity index (χ3v) is 3.83. The highest BCUT2D eigenvalue weighted by Crippen LogP contribution is 2.27. The molecule has 0 aliphatic carbocycles. The van der Waals surface area contributed by atoms with Crippen LogP contribution < -0.4 is 15.4 Å². The van der Waals surface area contributed by atoms with E-state index in [1.807, 2.05) is 19.1 Å². The van der Waals surface area contributed by atoms with Gasteiger partial charge in [-0.1, -0.05) is 29.8 Å². The van der Waals surface area contributed by atoms with Gasteiger partial charge in [0.25, 0.3) is 5.91 Å². The molecular weight excluding hydrogens is 328 g/mol. The molecule has 0 aromatic heterocycles. The van der Waals surface area contributed by atoms with Crippen molar-refractivity contribution in [3.05, 3.63) is 64.2 Å². The van der Waals surface area contributed by atoms with Crippen molar-refractivity contribution in [1.29, 1.82) is 0 Å². The van der Waals surface area contributed by atoms with E-state index in [2.05, 4.69) is 10.6 Å². The highest BCUT2D eigenvalue weighted by molar-refractivity contribution is 6.32. The van der Waals surface area contributed by atoms with Gasteiger partial charge in [-0.05, 0) is 42.3 Å². The van der Waals surface area contributed by atoms with Crippen LogP contribution in [0.4, 0.5) is 0 Å². The molecular formula is C18H19ClN2O3. The summed E-state index contributed by atoms with van der Waals surface area (Å²) in [5, 5.41) is 5.83. The Bertz CT molecular complexity index is 733. The van der Waals surface area contributed by atoms with Crippen molar-refractivity contribution < 1.29 is 14.3 Å². The molecule has 0 unspecified atom stereocenters. The maximum absolute atomic E-state index is 11.9. The van der Waals surface area contributed by atoms with E-state index in [0.717, 1.165) is 11.1 Å². The fourth-order valence-electron chi connectivity index (χ4n) is 2.15. The third kappa shape index (κ3) is 4.73. The Morgan fingerprint density at radius 2 is 1.83 bits per heavy atom. The quantitative estimate of drug-likeness (QED) is 0.845. The topological polar surface area (TPSA) is 67.4 Å². The lowest BCUT2D eigenvalue weighted by atomic mass is 10.1. The summed E-state index contributed by atoms with van der Waals surface area (Å²) in [4.78, 5) is 23.8. The molecule has 0 saturated heterocycles. The Balaban J connectivity index is 1.85. The number of benzene rings is 2. The minimum absolute atomic E-state index is 0.0866. The zero-order chi connectivity index (χ0) is 17.5. The molecule has 0 spiro atoms. The van der Waals surface area contributed by atoms with Gasteiger partial charge in [-0.15, -0.1) is 0 Å². The molecule has 2 rings (SSSR count). The SMILES string of the molecule is COc1cc(C)c(CNC(=O)CNC(=O)c2ccccc2)cc1Cl. The van der Waals surface area contributed by atoms with Crippen molar-refractivity contribution in [3.63, 3.8) is 0 Å². The molecule has 24 heavy (non-hydrogen) atoms. The second-order valence-electron chi connectivity index (χ2n) is 5.24. The molecule has 2 N–H and O–H groups in total. The van der Waals surface area contributed by atoms with Gasteiger partial charge in [0.15, 0.2) is 0 Å². The highest BCUT2D eigenvalue weighted by Gasteiger charge is 2.10. The van der Waals surface area contributed by atoms with E-state index in [-0.39, 0.29) is 18.4 Å². The third-order valence-electron chi connectivity index (χ3n) is 3.53. The summed E-state index contributed by atoms with van der Waals surface area (Å²) in [6.07, 6.45) is 0. The van der Waals surface area contributed by atoms with Crippen molar-refractivity contribution in [2.75, 3.05) is 13.7 Å². The van der Waals surface area contributed by atoms with E-state index in [9.17, 15) is 9.59 Å². The highest BCUT2D eigenvalue weighted by atomic mass is 35.5. The van der Waals surface area contributed by atoms with Crippen LogP contribution in [0.2, 0.25) is 5.02 Å². The largest absolute Gasteiger partial charge is 0.495 e. The Kier molecular flexibility index (Phi) is 6.21. The molecule has 2 aromatic carbocycles. The fraction of sp³-hybridized carbons (Fsp3) is 0.222. The van der Waals surface area contributed by atoms with E-state index in [1.54, 1.807) is 37.4 Å². The maximum atomic E-state index is 11.9. The molecule has 0 fully saturated rings. The summed E-state index contributed by atoms with van der Waals surface area (Å²) in [6.45, 7) is 2.16. The first kappa shape index (κ1) is 17.8. The molecule has 0 heterocycles. The minimum Gasteiger partial charge on any atom is -0.495 e. The molecule has 0 aliphatic heterocycles. The van der Waals surface area contributed by atoms with Gasteiger partial charge in [0.2, 0.25) is 5.91 Å². The van der Waals surface area contributed by atoms with Crippen LogP contribution in [0.5, 0.6) is 5.75 Å². The second-order valence-corrected chi connectivity index (χ2v) is 5.65. The van der Waals surface area contributed by atoms with Gasteiger partial charge in [-0.2, -0.15) is 0 Å². The van der Waals surface area contributed by atoms with Gasteiger partial charge in [0.1, 0.15) is 5.75 Å². The van der Waals surface area contributed by atoms with Crippen LogP contribution >= 0.6 is 11.6 Å². The molecule has 2 aromatic rings. The molecule has 0 saturated carbocycles. The molecule has 0 atom stereocenters. The lowest BCUT2D eigenvalue weighted by molar-refractivity contribution is -0.120. The Morgan fingerprint density at radius 1 is 1.12 bits per heavy atom. The van der Waals surface area contributed by atoms with Crippen molar-refractivity contribution in [2.24, 2.45) is 0 Å². The maximum Gasteiger partial charge on any atom is 0.251 e. The average molecular weight is 347 g/mol. The van der Waals surface area contributed by atoms with E-state index in [4.69, 9.17) is 16.3 Å². The van der Waals surface area contributed by atoms with Gasteiger partial charge >= 0.3 is 0 Å². The van der Waals surface area contributed by atoms with Crippen LogP contribution in [0.25, 0.3) is 0 Å². The predicted molar refractivity (Wildman–Crippen MR) is 93.4 cm³/mol. The van der Waals surface area contributed by atoms with Crippen LogP contribution in [0.15, 0.2) is 42.5 Å². The number of nitrogens with one attached hydrogen (secondary N) is 2. The average Bonchev–Trinajstić information content (AvgIpc) is 2.60. The second kappa shape index (κ2) is 8.36.